The number of benzene rings is 2. The van der Waals surface area contributed by atoms with E-state index in [0.29, 0.717) is 0 Å². The number of nitrogens with one attached hydrogen (secondary N) is 2. The Labute approximate surface area is 192 Å². The topological polar surface area (TPSA) is 125 Å². The molecule has 1 aliphatic rings. The molecule has 0 aliphatic heterocycles. The third kappa shape index (κ3) is 5.84. The number of fused-ring (bicyclic) bond motifs is 3. The first-order valence-corrected chi connectivity index (χ1v) is 10.4. The number of hydrogen-bond donors (Lipinski definition) is 4. The van der Waals surface area contributed by atoms with Gasteiger partial charge in [-0.2, -0.15) is 13.2 Å². The average molecular weight is 480 g/mol. The minimum atomic E-state index is -4.97. The number of amides is 2. The molecule has 0 bridgehead atoms. The molecule has 2 aromatic carbocycles. The molecule has 3 rings (SSSR count). The molecule has 0 spiro atoms. The number of carboxylic acid groups (broad SMARTS) is 1. The van der Waals surface area contributed by atoms with Crippen molar-refractivity contribution < 1.29 is 42.5 Å². The Balaban J connectivity index is 1.55. The normalized spacial score (nSPS) is 14.5. The zero-order valence-electron chi connectivity index (χ0n) is 17.8. The first kappa shape index (κ1) is 25.0. The Morgan fingerprint density at radius 2 is 1.53 bits per heavy atom. The van der Waals surface area contributed by atoms with Crippen molar-refractivity contribution in [3.05, 3.63) is 59.7 Å². The zero-order valence-corrected chi connectivity index (χ0v) is 17.8. The number of hydrogen-bond acceptors (Lipinski definition) is 5. The second-order valence-electron chi connectivity index (χ2n) is 7.73. The third-order valence-corrected chi connectivity index (χ3v) is 5.51. The summed E-state index contributed by atoms with van der Waals surface area (Å²) < 4.78 is 45.1. The van der Waals surface area contributed by atoms with Gasteiger partial charge in [-0.3, -0.25) is 4.79 Å². The van der Waals surface area contributed by atoms with Crippen molar-refractivity contribution >= 4 is 18.0 Å². The van der Waals surface area contributed by atoms with Gasteiger partial charge in [0.15, 0.2) is 12.0 Å². The maximum absolute atomic E-state index is 13.3. The van der Waals surface area contributed by atoms with Crippen LogP contribution in [0.15, 0.2) is 48.5 Å². The molecule has 182 valence electrons. The zero-order chi connectivity index (χ0) is 24.9. The molecule has 2 atom stereocenters. The molecular weight excluding hydrogens is 457 g/mol. The molecule has 0 heterocycles. The number of ether oxygens (including phenoxy) is 1. The van der Waals surface area contributed by atoms with Crippen LogP contribution in [-0.2, 0) is 14.3 Å². The third-order valence-electron chi connectivity index (χ3n) is 5.51. The SMILES string of the molecule is O=C(NCC(C(=O)NCCC(O)C(=O)O)C(F)(F)F)OCC1c2ccccc2-c2ccccc21. The van der Waals surface area contributed by atoms with Crippen molar-refractivity contribution in [1.29, 1.82) is 0 Å². The smallest absolute Gasteiger partial charge is 0.407 e. The summed E-state index contributed by atoms with van der Waals surface area (Å²) in [7, 11) is 0. The summed E-state index contributed by atoms with van der Waals surface area (Å²) >= 11 is 0. The van der Waals surface area contributed by atoms with Crippen molar-refractivity contribution in [2.45, 2.75) is 24.6 Å². The number of halogens is 3. The van der Waals surface area contributed by atoms with E-state index in [1.54, 1.807) is 0 Å². The number of alkyl halides is 3. The van der Waals surface area contributed by atoms with Crippen LogP contribution >= 0.6 is 0 Å². The van der Waals surface area contributed by atoms with E-state index >= 15 is 0 Å². The summed E-state index contributed by atoms with van der Waals surface area (Å²) in [6.45, 7) is -1.65. The van der Waals surface area contributed by atoms with Crippen molar-refractivity contribution in [3.63, 3.8) is 0 Å². The predicted octanol–water partition coefficient (Wildman–Crippen LogP) is 2.66. The number of rotatable bonds is 9. The van der Waals surface area contributed by atoms with E-state index in [4.69, 9.17) is 14.9 Å². The fourth-order valence-corrected chi connectivity index (χ4v) is 3.77. The fraction of sp³-hybridized carbons (Fsp3) is 0.348. The van der Waals surface area contributed by atoms with E-state index in [-0.39, 0.29) is 12.5 Å². The summed E-state index contributed by atoms with van der Waals surface area (Å²) in [5.74, 6) is -5.86. The average Bonchev–Trinajstić information content (AvgIpc) is 3.10. The molecule has 2 unspecified atom stereocenters. The van der Waals surface area contributed by atoms with Crippen LogP contribution in [0, 0.1) is 5.92 Å². The molecule has 2 amide bonds. The van der Waals surface area contributed by atoms with Crippen LogP contribution in [0.4, 0.5) is 18.0 Å². The highest BCUT2D eigenvalue weighted by Gasteiger charge is 2.45. The largest absolute Gasteiger partial charge is 0.479 e. The molecule has 0 saturated heterocycles. The van der Waals surface area contributed by atoms with Crippen molar-refractivity contribution in [3.8, 4) is 11.1 Å². The van der Waals surface area contributed by atoms with E-state index in [1.165, 1.54) is 0 Å². The second kappa shape index (κ2) is 10.6. The predicted molar refractivity (Wildman–Crippen MR) is 114 cm³/mol. The van der Waals surface area contributed by atoms with Gasteiger partial charge in [0.2, 0.25) is 5.91 Å². The molecule has 1 aliphatic carbocycles. The molecule has 0 saturated carbocycles. The molecular formula is C23H23F3N2O6. The maximum atomic E-state index is 13.3. The summed E-state index contributed by atoms with van der Waals surface area (Å²) in [6, 6.07) is 15.1. The lowest BCUT2D eigenvalue weighted by atomic mass is 9.98. The Hall–Kier alpha value is -3.60. The van der Waals surface area contributed by atoms with Gasteiger partial charge in [-0.05, 0) is 22.3 Å². The number of carbonyl (C=O) groups is 3. The van der Waals surface area contributed by atoms with Gasteiger partial charge in [-0.15, -0.1) is 0 Å². The Morgan fingerprint density at radius 3 is 2.06 bits per heavy atom. The van der Waals surface area contributed by atoms with Gasteiger partial charge >= 0.3 is 18.2 Å². The highest BCUT2D eigenvalue weighted by Crippen LogP contribution is 2.44. The highest BCUT2D eigenvalue weighted by molar-refractivity contribution is 5.81. The Bertz CT molecular complexity index is 1010. The van der Waals surface area contributed by atoms with Gasteiger partial charge < -0.3 is 25.6 Å². The number of carboxylic acids is 1. The van der Waals surface area contributed by atoms with Gasteiger partial charge in [0.1, 0.15) is 6.61 Å². The number of carbonyl (C=O) groups excluding carboxylic acids is 2. The Kier molecular flexibility index (Phi) is 7.77. The Morgan fingerprint density at radius 1 is 0.971 bits per heavy atom. The molecule has 0 radical (unpaired) electrons. The van der Waals surface area contributed by atoms with E-state index < -0.39 is 55.7 Å². The maximum Gasteiger partial charge on any atom is 0.407 e. The van der Waals surface area contributed by atoms with Crippen LogP contribution in [0.1, 0.15) is 23.5 Å². The standard InChI is InChI=1S/C23H23F3N2O6/c24-23(25,26)18(20(30)27-10-9-19(29)21(31)32)11-28-22(33)34-12-17-15-7-3-1-5-13(15)14-6-2-4-8-16(14)17/h1-8,17-19,29H,9-12H2,(H,27,30)(H,28,33)(H,31,32). The number of aliphatic hydroxyl groups excluding tert-OH is 1. The summed E-state index contributed by atoms with van der Waals surface area (Å²) in [6.07, 6.45) is -8.36. The first-order valence-electron chi connectivity index (χ1n) is 10.4. The molecule has 34 heavy (non-hydrogen) atoms. The number of aliphatic hydroxyl groups is 1. The minimum Gasteiger partial charge on any atom is -0.479 e. The van der Waals surface area contributed by atoms with Crippen LogP contribution in [0.25, 0.3) is 11.1 Å². The number of aliphatic carboxylic acids is 1. The van der Waals surface area contributed by atoms with Gasteiger partial charge in [0, 0.05) is 25.4 Å². The molecule has 8 nitrogen and oxygen atoms in total. The minimum absolute atomic E-state index is 0.101. The molecule has 11 heteroatoms. The summed E-state index contributed by atoms with van der Waals surface area (Å²) in [5, 5.41) is 21.6. The highest BCUT2D eigenvalue weighted by atomic mass is 19.4. The summed E-state index contributed by atoms with van der Waals surface area (Å²) in [4.78, 5) is 34.6. The van der Waals surface area contributed by atoms with E-state index in [9.17, 15) is 27.6 Å². The van der Waals surface area contributed by atoms with Gasteiger partial charge in [0.25, 0.3) is 0 Å². The molecule has 2 aromatic rings. The molecule has 4 N–H and O–H groups in total. The van der Waals surface area contributed by atoms with Crippen LogP contribution in [0.5, 0.6) is 0 Å². The van der Waals surface area contributed by atoms with Crippen molar-refractivity contribution in [1.82, 2.24) is 10.6 Å². The second-order valence-corrected chi connectivity index (χ2v) is 7.73. The lowest BCUT2D eigenvalue weighted by Gasteiger charge is -2.21. The first-order chi connectivity index (χ1) is 16.1. The van der Waals surface area contributed by atoms with Crippen molar-refractivity contribution in [2.75, 3.05) is 19.7 Å². The lowest BCUT2D eigenvalue weighted by Crippen LogP contribution is -2.47. The monoisotopic (exact) mass is 480 g/mol. The lowest BCUT2D eigenvalue weighted by molar-refractivity contribution is -0.181. The van der Waals surface area contributed by atoms with Gasteiger partial charge in [-0.25, -0.2) is 9.59 Å². The fourth-order valence-electron chi connectivity index (χ4n) is 3.77. The van der Waals surface area contributed by atoms with E-state index in [1.807, 2.05) is 59.2 Å². The quantitative estimate of drug-likeness (QED) is 0.437. The van der Waals surface area contributed by atoms with E-state index in [0.717, 1.165) is 22.3 Å². The van der Waals surface area contributed by atoms with Crippen LogP contribution in [-0.4, -0.2) is 60.2 Å². The van der Waals surface area contributed by atoms with Crippen LogP contribution in [0.2, 0.25) is 0 Å². The number of alkyl carbamates (subject to hydrolysis) is 1. The van der Waals surface area contributed by atoms with Gasteiger partial charge in [0.05, 0.1) is 0 Å². The molecule has 0 aromatic heterocycles. The molecule has 0 fully saturated rings. The van der Waals surface area contributed by atoms with E-state index in [2.05, 4.69) is 0 Å². The van der Waals surface area contributed by atoms with Gasteiger partial charge in [-0.1, -0.05) is 48.5 Å². The summed E-state index contributed by atoms with van der Waals surface area (Å²) in [5.41, 5.74) is 3.86. The van der Waals surface area contributed by atoms with Crippen LogP contribution in [0.3, 0.4) is 0 Å². The van der Waals surface area contributed by atoms with Crippen molar-refractivity contribution in [2.24, 2.45) is 5.92 Å². The van der Waals surface area contributed by atoms with Crippen LogP contribution < -0.4 is 10.6 Å².